The van der Waals surface area contributed by atoms with Gasteiger partial charge in [-0.1, -0.05) is 0 Å². The van der Waals surface area contributed by atoms with E-state index in [-0.39, 0.29) is 22.3 Å². The molecule has 1 heterocycles. The van der Waals surface area contributed by atoms with Gasteiger partial charge < -0.3 is 10.4 Å². The van der Waals surface area contributed by atoms with Gasteiger partial charge in [0.05, 0.1) is 17.5 Å². The fourth-order valence-corrected chi connectivity index (χ4v) is 4.01. The van der Waals surface area contributed by atoms with E-state index in [1.54, 1.807) is 0 Å². The van der Waals surface area contributed by atoms with Gasteiger partial charge in [-0.3, -0.25) is 4.79 Å². The summed E-state index contributed by atoms with van der Waals surface area (Å²) in [7, 11) is -3.78. The first-order chi connectivity index (χ1) is 10.7. The predicted octanol–water partition coefficient (Wildman–Crippen LogP) is 1.90. The van der Waals surface area contributed by atoms with Crippen LogP contribution in [0.25, 0.3) is 0 Å². The highest BCUT2D eigenvalue weighted by Crippen LogP contribution is 2.35. The molecule has 0 saturated heterocycles. The molecule has 23 heavy (non-hydrogen) atoms. The number of rotatable bonds is 5. The molecule has 0 radical (unpaired) electrons. The molecule has 0 saturated carbocycles. The molecule has 0 aliphatic heterocycles. The van der Waals surface area contributed by atoms with Crippen LogP contribution in [0.2, 0.25) is 0 Å². The van der Waals surface area contributed by atoms with E-state index in [1.807, 2.05) is 0 Å². The third kappa shape index (κ3) is 3.85. The van der Waals surface area contributed by atoms with Gasteiger partial charge in [0.15, 0.2) is 5.69 Å². The van der Waals surface area contributed by atoms with Crippen molar-refractivity contribution >= 4 is 49.6 Å². The lowest BCUT2D eigenvalue weighted by atomic mass is 10.2. The van der Waals surface area contributed by atoms with Gasteiger partial charge in [0, 0.05) is 12.6 Å². The number of carboxylic acids is 1. The Morgan fingerprint density at radius 1 is 1.26 bits per heavy atom. The zero-order valence-electron chi connectivity index (χ0n) is 12.2. The van der Waals surface area contributed by atoms with Gasteiger partial charge >= 0.3 is 5.97 Å². The topological polar surface area (TPSA) is 117 Å². The summed E-state index contributed by atoms with van der Waals surface area (Å²) < 4.78 is 25.1. The van der Waals surface area contributed by atoms with E-state index in [2.05, 4.69) is 10.3 Å². The standard InChI is InChI=1S/C13H13N3O5S2/c1-8(17)15-9-3-5-10(6-4-9)16(23(2,20)21)12-11(13(18)19)14-7-22-12/h3-7H,1-2H3,(H,15,17)(H,18,19). The average molecular weight is 355 g/mol. The molecule has 0 aliphatic rings. The maximum Gasteiger partial charge on any atom is 0.357 e. The third-order valence-electron chi connectivity index (χ3n) is 2.69. The second-order valence-electron chi connectivity index (χ2n) is 4.57. The number of hydrogen-bond donors (Lipinski definition) is 2. The SMILES string of the molecule is CC(=O)Nc1ccc(N(c2scnc2C(=O)O)S(C)(=O)=O)cc1. The minimum atomic E-state index is -3.78. The van der Waals surface area contributed by atoms with Crippen molar-refractivity contribution in [3.8, 4) is 0 Å². The smallest absolute Gasteiger partial charge is 0.357 e. The highest BCUT2D eigenvalue weighted by molar-refractivity contribution is 7.92. The Balaban J connectivity index is 2.50. The molecule has 0 atom stereocenters. The van der Waals surface area contributed by atoms with Crippen LogP contribution in [0.3, 0.4) is 0 Å². The van der Waals surface area contributed by atoms with Gasteiger partial charge in [-0.05, 0) is 24.3 Å². The molecule has 1 aromatic heterocycles. The molecule has 2 N–H and O–H groups in total. The number of carbonyl (C=O) groups excluding carboxylic acids is 1. The highest BCUT2D eigenvalue weighted by atomic mass is 32.2. The number of nitrogens with one attached hydrogen (secondary N) is 1. The molecule has 0 bridgehead atoms. The normalized spacial score (nSPS) is 11.0. The second kappa shape index (κ2) is 6.34. The third-order valence-corrected chi connectivity index (χ3v) is 4.67. The Morgan fingerprint density at radius 3 is 2.35 bits per heavy atom. The number of nitrogens with zero attached hydrogens (tertiary/aromatic N) is 2. The van der Waals surface area contributed by atoms with Crippen molar-refractivity contribution in [2.75, 3.05) is 15.9 Å². The fraction of sp³-hybridized carbons (Fsp3) is 0.154. The quantitative estimate of drug-likeness (QED) is 0.846. The number of carboxylic acid groups (broad SMARTS) is 1. The van der Waals surface area contributed by atoms with E-state index in [1.165, 1.54) is 36.7 Å². The highest BCUT2D eigenvalue weighted by Gasteiger charge is 2.27. The number of amides is 1. The van der Waals surface area contributed by atoms with Crippen LogP contribution < -0.4 is 9.62 Å². The average Bonchev–Trinajstić information content (AvgIpc) is 2.88. The minimum Gasteiger partial charge on any atom is -0.476 e. The largest absolute Gasteiger partial charge is 0.476 e. The predicted molar refractivity (Wildman–Crippen MR) is 86.8 cm³/mol. The van der Waals surface area contributed by atoms with E-state index < -0.39 is 16.0 Å². The molecule has 10 heteroatoms. The Hall–Kier alpha value is -2.46. The summed E-state index contributed by atoms with van der Waals surface area (Å²) in [5.41, 5.74) is 1.67. The van der Waals surface area contributed by atoms with Crippen molar-refractivity contribution in [2.24, 2.45) is 0 Å². The van der Waals surface area contributed by atoms with Gasteiger partial charge in [0.1, 0.15) is 5.00 Å². The van der Waals surface area contributed by atoms with E-state index in [4.69, 9.17) is 5.11 Å². The number of hydrogen-bond acceptors (Lipinski definition) is 6. The van der Waals surface area contributed by atoms with Gasteiger partial charge in [-0.15, -0.1) is 11.3 Å². The summed E-state index contributed by atoms with van der Waals surface area (Å²) in [6.07, 6.45) is 0.972. The van der Waals surface area contributed by atoms with Crippen LogP contribution >= 0.6 is 11.3 Å². The first-order valence-electron chi connectivity index (χ1n) is 6.25. The lowest BCUT2D eigenvalue weighted by Gasteiger charge is -2.21. The zero-order valence-corrected chi connectivity index (χ0v) is 13.8. The minimum absolute atomic E-state index is 0.00715. The van der Waals surface area contributed by atoms with Crippen LogP contribution in [0.5, 0.6) is 0 Å². The van der Waals surface area contributed by atoms with Crippen molar-refractivity contribution in [3.63, 3.8) is 0 Å². The maximum atomic E-state index is 12.1. The van der Waals surface area contributed by atoms with Crippen molar-refractivity contribution in [1.29, 1.82) is 0 Å². The second-order valence-corrected chi connectivity index (χ2v) is 7.23. The Bertz CT molecular complexity index is 843. The van der Waals surface area contributed by atoms with Crippen LogP contribution in [0, 0.1) is 0 Å². The summed E-state index contributed by atoms with van der Waals surface area (Å²) in [6.45, 7) is 1.35. The van der Waals surface area contributed by atoms with Gasteiger partial charge in [0.25, 0.3) is 0 Å². The van der Waals surface area contributed by atoms with Crippen molar-refractivity contribution in [2.45, 2.75) is 6.92 Å². The molecule has 0 fully saturated rings. The first kappa shape index (κ1) is 16.9. The number of sulfonamides is 1. The first-order valence-corrected chi connectivity index (χ1v) is 8.97. The van der Waals surface area contributed by atoms with Gasteiger partial charge in [0.2, 0.25) is 15.9 Å². The van der Waals surface area contributed by atoms with Crippen LogP contribution in [0.1, 0.15) is 17.4 Å². The number of carbonyl (C=O) groups is 2. The molecule has 0 aliphatic carbocycles. The molecular formula is C13H13N3O5S2. The number of aromatic nitrogens is 1. The molecule has 8 nitrogen and oxygen atoms in total. The van der Waals surface area contributed by atoms with Crippen LogP contribution in [0.4, 0.5) is 16.4 Å². The molecule has 122 valence electrons. The van der Waals surface area contributed by atoms with Crippen molar-refractivity contribution in [3.05, 3.63) is 35.5 Å². The van der Waals surface area contributed by atoms with Crippen LogP contribution in [-0.4, -0.2) is 36.6 Å². The van der Waals surface area contributed by atoms with E-state index >= 15 is 0 Å². The Morgan fingerprint density at radius 2 is 1.87 bits per heavy atom. The maximum absolute atomic E-state index is 12.1. The number of thiazole rings is 1. The molecule has 1 amide bonds. The molecular weight excluding hydrogens is 342 g/mol. The molecule has 1 aromatic carbocycles. The summed E-state index contributed by atoms with van der Waals surface area (Å²) in [5.74, 6) is -1.57. The van der Waals surface area contributed by atoms with Crippen LogP contribution in [-0.2, 0) is 14.8 Å². The number of anilines is 3. The van der Waals surface area contributed by atoms with Gasteiger partial charge in [-0.2, -0.15) is 0 Å². The number of benzene rings is 1. The molecule has 0 unspecified atom stereocenters. The van der Waals surface area contributed by atoms with E-state index in [0.29, 0.717) is 5.69 Å². The van der Waals surface area contributed by atoms with Crippen LogP contribution in [0.15, 0.2) is 29.8 Å². The Kier molecular flexibility index (Phi) is 4.66. The monoisotopic (exact) mass is 355 g/mol. The lowest BCUT2D eigenvalue weighted by molar-refractivity contribution is -0.114. The molecule has 0 spiro atoms. The Labute approximate surface area is 136 Å². The number of aromatic carboxylic acids is 1. The molecule has 2 aromatic rings. The summed E-state index contributed by atoms with van der Waals surface area (Å²) in [5, 5.41) is 11.7. The summed E-state index contributed by atoms with van der Waals surface area (Å²) in [6, 6.07) is 5.99. The summed E-state index contributed by atoms with van der Waals surface area (Å²) >= 11 is 0.908. The van der Waals surface area contributed by atoms with Crippen molar-refractivity contribution < 1.29 is 23.1 Å². The zero-order chi connectivity index (χ0) is 17.2. The molecule has 2 rings (SSSR count). The fourth-order valence-electron chi connectivity index (χ4n) is 1.87. The van der Waals surface area contributed by atoms with Crippen molar-refractivity contribution in [1.82, 2.24) is 4.98 Å². The van der Waals surface area contributed by atoms with E-state index in [9.17, 15) is 18.0 Å². The van der Waals surface area contributed by atoms with Gasteiger partial charge in [-0.25, -0.2) is 22.5 Å². The van der Waals surface area contributed by atoms with E-state index in [0.717, 1.165) is 21.9 Å². The summed E-state index contributed by atoms with van der Waals surface area (Å²) in [4.78, 5) is 25.9. The lowest BCUT2D eigenvalue weighted by Crippen LogP contribution is -2.25.